The van der Waals surface area contributed by atoms with Gasteiger partial charge in [0.15, 0.2) is 0 Å². The van der Waals surface area contributed by atoms with Gasteiger partial charge in [-0.15, -0.1) is 0 Å². The Kier molecular flexibility index (Phi) is 5.22. The van der Waals surface area contributed by atoms with Gasteiger partial charge in [-0.25, -0.2) is 4.79 Å². The predicted octanol–water partition coefficient (Wildman–Crippen LogP) is 3.07. The Morgan fingerprint density at radius 3 is 2.10 bits per heavy atom. The quantitative estimate of drug-likeness (QED) is 0.343. The van der Waals surface area contributed by atoms with E-state index >= 15 is 0 Å². The van der Waals surface area contributed by atoms with E-state index in [1.54, 1.807) is 19.9 Å². The number of hydrogen-bond acceptors (Lipinski definition) is 4. The molecule has 4 nitrogen and oxygen atoms in total. The van der Waals surface area contributed by atoms with E-state index in [9.17, 15) is 4.79 Å². The lowest BCUT2D eigenvalue weighted by Crippen LogP contribution is -2.41. The summed E-state index contributed by atoms with van der Waals surface area (Å²) in [5.41, 5.74) is 0.772. The zero-order chi connectivity index (χ0) is 15.6. The summed E-state index contributed by atoms with van der Waals surface area (Å²) in [5, 5.41) is 0. The molecule has 5 heteroatoms. The fraction of sp³-hybridized carbons (Fsp3) is 0.667. The summed E-state index contributed by atoms with van der Waals surface area (Å²) in [6.45, 7) is 13.9. The summed E-state index contributed by atoms with van der Waals surface area (Å²) in [6.07, 6.45) is 1.78. The van der Waals surface area contributed by atoms with Gasteiger partial charge < -0.3 is 14.0 Å². The molecule has 0 atom stereocenters. The van der Waals surface area contributed by atoms with Crippen molar-refractivity contribution in [2.24, 2.45) is 0 Å². The van der Waals surface area contributed by atoms with E-state index in [1.807, 2.05) is 40.6 Å². The van der Waals surface area contributed by atoms with Crippen LogP contribution < -0.4 is 0 Å². The van der Waals surface area contributed by atoms with Gasteiger partial charge in [-0.05, 0) is 48.5 Å². The average molecular weight is 280 g/mol. The summed E-state index contributed by atoms with van der Waals surface area (Å²) in [7, 11) is -0.397. The van der Waals surface area contributed by atoms with E-state index in [2.05, 4.69) is 0 Å². The fourth-order valence-corrected chi connectivity index (χ4v) is 1.86. The maximum atomic E-state index is 11.5. The number of esters is 1. The van der Waals surface area contributed by atoms with Crippen molar-refractivity contribution in [3.05, 3.63) is 23.2 Å². The van der Waals surface area contributed by atoms with E-state index in [-0.39, 0.29) is 17.2 Å². The van der Waals surface area contributed by atoms with Crippen LogP contribution in [0.5, 0.6) is 0 Å². The zero-order valence-corrected chi connectivity index (χ0v) is 13.6. The minimum atomic E-state index is -0.397. The molecule has 0 aromatic carbocycles. The van der Waals surface area contributed by atoms with Crippen LogP contribution >= 0.6 is 0 Å². The summed E-state index contributed by atoms with van der Waals surface area (Å²) >= 11 is 0. The average Bonchev–Trinajstić information content (AvgIpc) is 2.46. The Morgan fingerprint density at radius 1 is 1.15 bits per heavy atom. The van der Waals surface area contributed by atoms with Crippen LogP contribution in [0.1, 0.15) is 48.5 Å². The van der Waals surface area contributed by atoms with Crippen molar-refractivity contribution < 1.29 is 18.8 Å². The van der Waals surface area contributed by atoms with Crippen LogP contribution in [0, 0.1) is 0 Å². The SMILES string of the molecule is CCOC(=O)/C(C)=C/C(C)=C/B1OC(C)(C)C(C)(C)O1. The van der Waals surface area contributed by atoms with Gasteiger partial charge in [0, 0.05) is 5.57 Å². The minimum absolute atomic E-state index is 0.297. The van der Waals surface area contributed by atoms with E-state index < -0.39 is 7.12 Å². The van der Waals surface area contributed by atoms with Gasteiger partial charge in [-0.3, -0.25) is 0 Å². The molecule has 0 radical (unpaired) electrons. The van der Waals surface area contributed by atoms with Gasteiger partial charge in [-0.1, -0.05) is 17.6 Å². The van der Waals surface area contributed by atoms with E-state index in [1.165, 1.54) is 0 Å². The largest absolute Gasteiger partial charge is 0.487 e. The number of carbonyl (C=O) groups is 1. The maximum Gasteiger partial charge on any atom is 0.487 e. The van der Waals surface area contributed by atoms with Gasteiger partial charge in [0.25, 0.3) is 0 Å². The highest BCUT2D eigenvalue weighted by molar-refractivity contribution is 6.51. The van der Waals surface area contributed by atoms with Crippen molar-refractivity contribution in [3.8, 4) is 0 Å². The van der Waals surface area contributed by atoms with Gasteiger partial charge >= 0.3 is 13.1 Å². The molecule has 1 aliphatic rings. The lowest BCUT2D eigenvalue weighted by Gasteiger charge is -2.32. The molecule has 1 rings (SSSR count). The second-order valence-corrected chi connectivity index (χ2v) is 6.08. The van der Waals surface area contributed by atoms with Crippen molar-refractivity contribution in [3.63, 3.8) is 0 Å². The molecule has 0 saturated carbocycles. The van der Waals surface area contributed by atoms with Crippen molar-refractivity contribution in [2.75, 3.05) is 6.61 Å². The molecule has 0 bridgehead atoms. The first-order chi connectivity index (χ1) is 9.09. The normalized spacial score (nSPS) is 22.1. The summed E-state index contributed by atoms with van der Waals surface area (Å²) < 4.78 is 16.7. The standard InChI is InChI=1S/C15H25BO4/c1-8-18-13(17)12(3)9-11(2)10-16-19-14(4,5)15(6,7)20-16/h9-10H,8H2,1-7H3/b11-10+,12-9+. The van der Waals surface area contributed by atoms with Crippen LogP contribution in [0.2, 0.25) is 0 Å². The zero-order valence-electron chi connectivity index (χ0n) is 13.6. The molecule has 0 aliphatic carbocycles. The highest BCUT2D eigenvalue weighted by atomic mass is 16.7. The second kappa shape index (κ2) is 6.14. The molecule has 1 saturated heterocycles. The number of hydrogen-bond donors (Lipinski definition) is 0. The Bertz CT molecular complexity index is 419. The lowest BCUT2D eigenvalue weighted by atomic mass is 9.87. The number of allylic oxidation sites excluding steroid dienone is 2. The fourth-order valence-electron chi connectivity index (χ4n) is 1.86. The summed E-state index contributed by atoms with van der Waals surface area (Å²) in [4.78, 5) is 11.5. The van der Waals surface area contributed by atoms with Crippen LogP contribution in [0.3, 0.4) is 0 Å². The lowest BCUT2D eigenvalue weighted by molar-refractivity contribution is -0.138. The van der Waals surface area contributed by atoms with Gasteiger partial charge in [0.1, 0.15) is 0 Å². The number of ether oxygens (including phenoxy) is 1. The van der Waals surface area contributed by atoms with Crippen LogP contribution in [0.4, 0.5) is 0 Å². The Hall–Kier alpha value is -1.07. The first-order valence-electron chi connectivity index (χ1n) is 6.98. The molecule has 1 fully saturated rings. The van der Waals surface area contributed by atoms with Crippen molar-refractivity contribution in [1.29, 1.82) is 0 Å². The van der Waals surface area contributed by atoms with Crippen molar-refractivity contribution in [2.45, 2.75) is 59.7 Å². The summed E-state index contributed by atoms with van der Waals surface area (Å²) in [5.74, 6) is 1.58. The highest BCUT2D eigenvalue weighted by Crippen LogP contribution is 2.37. The monoisotopic (exact) mass is 280 g/mol. The molecule has 0 unspecified atom stereocenters. The third-order valence-electron chi connectivity index (χ3n) is 3.71. The Morgan fingerprint density at radius 2 is 1.65 bits per heavy atom. The van der Waals surface area contributed by atoms with E-state index in [0.717, 1.165) is 5.57 Å². The number of rotatable bonds is 4. The molecule has 1 aliphatic heterocycles. The second-order valence-electron chi connectivity index (χ2n) is 6.08. The summed E-state index contributed by atoms with van der Waals surface area (Å²) in [6, 6.07) is 0. The molecule has 20 heavy (non-hydrogen) atoms. The van der Waals surface area contributed by atoms with Crippen LogP contribution in [-0.4, -0.2) is 30.9 Å². The molecule has 1 heterocycles. The third kappa shape index (κ3) is 3.96. The molecular formula is C15H25BO4. The molecule has 0 spiro atoms. The smallest absolute Gasteiger partial charge is 0.463 e. The van der Waals surface area contributed by atoms with Crippen LogP contribution in [0.25, 0.3) is 0 Å². The molecule has 0 amide bonds. The van der Waals surface area contributed by atoms with Crippen molar-refractivity contribution >= 4 is 13.1 Å². The predicted molar refractivity (Wildman–Crippen MR) is 80.2 cm³/mol. The molecule has 0 N–H and O–H groups in total. The highest BCUT2D eigenvalue weighted by Gasteiger charge is 2.50. The van der Waals surface area contributed by atoms with E-state index in [0.29, 0.717) is 12.2 Å². The molecular weight excluding hydrogens is 255 g/mol. The number of carbonyl (C=O) groups excluding carboxylic acids is 1. The topological polar surface area (TPSA) is 44.8 Å². The van der Waals surface area contributed by atoms with Crippen LogP contribution in [-0.2, 0) is 18.8 Å². The van der Waals surface area contributed by atoms with Crippen molar-refractivity contribution in [1.82, 2.24) is 0 Å². The van der Waals surface area contributed by atoms with Gasteiger partial charge in [0.2, 0.25) is 0 Å². The van der Waals surface area contributed by atoms with Gasteiger partial charge in [-0.2, -0.15) is 0 Å². The Labute approximate surface area is 122 Å². The first-order valence-corrected chi connectivity index (χ1v) is 6.98. The first kappa shape index (κ1) is 17.0. The maximum absolute atomic E-state index is 11.5. The Balaban J connectivity index is 2.77. The molecule has 112 valence electrons. The third-order valence-corrected chi connectivity index (χ3v) is 3.71. The van der Waals surface area contributed by atoms with Crippen LogP contribution in [0.15, 0.2) is 23.2 Å². The molecule has 0 aromatic heterocycles. The van der Waals surface area contributed by atoms with Gasteiger partial charge in [0.05, 0.1) is 17.8 Å². The van der Waals surface area contributed by atoms with E-state index in [4.69, 9.17) is 14.0 Å². The minimum Gasteiger partial charge on any atom is -0.463 e. The molecule has 0 aromatic rings.